The van der Waals surface area contributed by atoms with Crippen molar-refractivity contribution in [2.24, 2.45) is 35.5 Å². The van der Waals surface area contributed by atoms with Gasteiger partial charge >= 0.3 is 5.97 Å². The second kappa shape index (κ2) is 4.96. The SMILES string of the molecule is C=C(C)C(=O)OCC(C)C1CC2CC1C1CCCC21. The number of esters is 1. The zero-order valence-electron chi connectivity index (χ0n) is 12.2. The van der Waals surface area contributed by atoms with Crippen LogP contribution in [-0.4, -0.2) is 12.6 Å². The summed E-state index contributed by atoms with van der Waals surface area (Å²) in [4.78, 5) is 11.5. The van der Waals surface area contributed by atoms with Gasteiger partial charge in [0.25, 0.3) is 0 Å². The van der Waals surface area contributed by atoms with Gasteiger partial charge in [0.15, 0.2) is 0 Å². The first kappa shape index (κ1) is 13.2. The van der Waals surface area contributed by atoms with Crippen LogP contribution in [0.5, 0.6) is 0 Å². The van der Waals surface area contributed by atoms with Gasteiger partial charge in [0.2, 0.25) is 0 Å². The van der Waals surface area contributed by atoms with Gasteiger partial charge in [-0.2, -0.15) is 0 Å². The van der Waals surface area contributed by atoms with E-state index in [-0.39, 0.29) is 5.97 Å². The number of ether oxygens (including phenoxy) is 1. The van der Waals surface area contributed by atoms with Crippen molar-refractivity contribution in [1.29, 1.82) is 0 Å². The van der Waals surface area contributed by atoms with Crippen LogP contribution in [0.2, 0.25) is 0 Å². The third-order valence-electron chi connectivity index (χ3n) is 6.04. The Balaban J connectivity index is 1.56. The summed E-state index contributed by atoms with van der Waals surface area (Å²) >= 11 is 0. The molecule has 19 heavy (non-hydrogen) atoms. The van der Waals surface area contributed by atoms with Crippen LogP contribution < -0.4 is 0 Å². The molecule has 6 atom stereocenters. The predicted molar refractivity (Wildman–Crippen MR) is 75.5 cm³/mol. The Kier molecular flexibility index (Phi) is 3.44. The number of fused-ring (bicyclic) bond motifs is 5. The summed E-state index contributed by atoms with van der Waals surface area (Å²) in [6.07, 6.45) is 7.24. The van der Waals surface area contributed by atoms with Crippen molar-refractivity contribution in [2.75, 3.05) is 6.61 Å². The van der Waals surface area contributed by atoms with Gasteiger partial charge in [-0.05, 0) is 68.1 Å². The first-order valence-corrected chi connectivity index (χ1v) is 7.90. The summed E-state index contributed by atoms with van der Waals surface area (Å²) in [7, 11) is 0. The fraction of sp³-hybridized carbons (Fsp3) is 0.824. The molecule has 3 aliphatic rings. The van der Waals surface area contributed by atoms with E-state index in [1.165, 1.54) is 32.1 Å². The second-order valence-electron chi connectivity index (χ2n) is 7.17. The van der Waals surface area contributed by atoms with Gasteiger partial charge in [-0.1, -0.05) is 19.9 Å². The zero-order chi connectivity index (χ0) is 13.6. The average Bonchev–Trinajstić information content (AvgIpc) is 3.05. The van der Waals surface area contributed by atoms with Gasteiger partial charge in [0.05, 0.1) is 6.61 Å². The molecule has 3 rings (SSSR count). The Labute approximate surface area is 116 Å². The van der Waals surface area contributed by atoms with E-state index in [9.17, 15) is 4.79 Å². The highest BCUT2D eigenvalue weighted by atomic mass is 16.5. The molecule has 0 amide bonds. The Morgan fingerprint density at radius 3 is 2.74 bits per heavy atom. The van der Waals surface area contributed by atoms with Crippen molar-refractivity contribution in [3.8, 4) is 0 Å². The van der Waals surface area contributed by atoms with E-state index in [0.717, 1.165) is 29.6 Å². The molecule has 6 unspecified atom stereocenters. The van der Waals surface area contributed by atoms with Crippen LogP contribution in [0.15, 0.2) is 12.2 Å². The summed E-state index contributed by atoms with van der Waals surface area (Å²) in [6, 6.07) is 0. The lowest BCUT2D eigenvalue weighted by Crippen LogP contribution is -2.30. The van der Waals surface area contributed by atoms with Crippen molar-refractivity contribution in [3.05, 3.63) is 12.2 Å². The predicted octanol–water partition coefficient (Wildman–Crippen LogP) is 3.81. The van der Waals surface area contributed by atoms with Crippen molar-refractivity contribution >= 4 is 5.97 Å². The van der Waals surface area contributed by atoms with Crippen LogP contribution in [-0.2, 0) is 9.53 Å². The van der Waals surface area contributed by atoms with Gasteiger partial charge < -0.3 is 4.74 Å². The van der Waals surface area contributed by atoms with E-state index in [1.54, 1.807) is 6.92 Å². The Morgan fingerprint density at radius 2 is 2.00 bits per heavy atom. The molecule has 0 heterocycles. The Hall–Kier alpha value is -0.790. The number of hydrogen-bond donors (Lipinski definition) is 0. The molecule has 3 fully saturated rings. The molecular formula is C17H26O2. The number of carbonyl (C=O) groups excluding carboxylic acids is 1. The third kappa shape index (κ3) is 2.23. The molecule has 0 aliphatic heterocycles. The normalized spacial score (nSPS) is 41.1. The van der Waals surface area contributed by atoms with Crippen molar-refractivity contribution in [3.63, 3.8) is 0 Å². The van der Waals surface area contributed by atoms with E-state index in [2.05, 4.69) is 13.5 Å². The highest BCUT2D eigenvalue weighted by Gasteiger charge is 2.54. The average molecular weight is 262 g/mol. The maximum Gasteiger partial charge on any atom is 0.333 e. The fourth-order valence-electron chi connectivity index (χ4n) is 5.23. The van der Waals surface area contributed by atoms with E-state index < -0.39 is 0 Å². The summed E-state index contributed by atoms with van der Waals surface area (Å²) in [5, 5.41) is 0. The lowest BCUT2D eigenvalue weighted by molar-refractivity contribution is -0.141. The third-order valence-corrected chi connectivity index (χ3v) is 6.04. The first-order valence-electron chi connectivity index (χ1n) is 7.90. The largest absolute Gasteiger partial charge is 0.462 e. The summed E-state index contributed by atoms with van der Waals surface area (Å²) in [5.74, 6) is 5.04. The molecule has 0 radical (unpaired) electrons. The first-order chi connectivity index (χ1) is 9.08. The van der Waals surface area contributed by atoms with Crippen LogP contribution in [0.25, 0.3) is 0 Å². The van der Waals surface area contributed by atoms with E-state index in [0.29, 0.717) is 18.1 Å². The minimum atomic E-state index is -0.228. The molecule has 0 aromatic heterocycles. The van der Waals surface area contributed by atoms with Crippen LogP contribution in [0.1, 0.15) is 46.0 Å². The highest BCUT2D eigenvalue weighted by Crippen LogP contribution is 2.62. The van der Waals surface area contributed by atoms with Crippen LogP contribution in [0.3, 0.4) is 0 Å². The van der Waals surface area contributed by atoms with Crippen LogP contribution in [0.4, 0.5) is 0 Å². The number of carbonyl (C=O) groups is 1. The van der Waals surface area contributed by atoms with Gasteiger partial charge in [0.1, 0.15) is 0 Å². The van der Waals surface area contributed by atoms with Crippen molar-refractivity contribution in [1.82, 2.24) is 0 Å². The maximum absolute atomic E-state index is 11.5. The van der Waals surface area contributed by atoms with Gasteiger partial charge in [-0.3, -0.25) is 0 Å². The second-order valence-corrected chi connectivity index (χ2v) is 7.17. The Bertz CT molecular complexity index is 387. The smallest absolute Gasteiger partial charge is 0.333 e. The lowest BCUT2D eigenvalue weighted by atomic mass is 9.71. The van der Waals surface area contributed by atoms with E-state index in [1.807, 2.05) is 0 Å². The quantitative estimate of drug-likeness (QED) is 0.569. The molecule has 0 N–H and O–H groups in total. The van der Waals surface area contributed by atoms with Gasteiger partial charge in [-0.25, -0.2) is 4.79 Å². The molecule has 2 heteroatoms. The molecule has 106 valence electrons. The van der Waals surface area contributed by atoms with Crippen LogP contribution in [0, 0.1) is 35.5 Å². The lowest BCUT2D eigenvalue weighted by Gasteiger charge is -2.34. The molecular weight excluding hydrogens is 236 g/mol. The van der Waals surface area contributed by atoms with Gasteiger partial charge in [0, 0.05) is 5.57 Å². The van der Waals surface area contributed by atoms with E-state index >= 15 is 0 Å². The van der Waals surface area contributed by atoms with Crippen molar-refractivity contribution < 1.29 is 9.53 Å². The molecule has 0 aromatic rings. The molecule has 2 nitrogen and oxygen atoms in total. The molecule has 0 spiro atoms. The summed E-state index contributed by atoms with van der Waals surface area (Å²) in [5.41, 5.74) is 0.510. The maximum atomic E-state index is 11.5. The summed E-state index contributed by atoms with van der Waals surface area (Å²) < 4.78 is 5.36. The molecule has 0 saturated heterocycles. The topological polar surface area (TPSA) is 26.3 Å². The number of rotatable bonds is 4. The monoisotopic (exact) mass is 262 g/mol. The Morgan fingerprint density at radius 1 is 1.26 bits per heavy atom. The molecule has 3 aliphatic carbocycles. The highest BCUT2D eigenvalue weighted by molar-refractivity contribution is 5.86. The fourth-order valence-corrected chi connectivity index (χ4v) is 5.23. The van der Waals surface area contributed by atoms with E-state index in [4.69, 9.17) is 4.74 Å². The van der Waals surface area contributed by atoms with Crippen molar-refractivity contribution in [2.45, 2.75) is 46.0 Å². The zero-order valence-corrected chi connectivity index (χ0v) is 12.2. The van der Waals surface area contributed by atoms with Gasteiger partial charge in [-0.15, -0.1) is 0 Å². The van der Waals surface area contributed by atoms with Crippen LogP contribution >= 0.6 is 0 Å². The minimum absolute atomic E-state index is 0.228. The standard InChI is InChI=1S/C17H26O2/c1-10(2)17(18)19-9-11(3)15-7-12-8-16(15)14-6-4-5-13(12)14/h11-16H,1,4-9H2,2-3H3. The minimum Gasteiger partial charge on any atom is -0.462 e. The molecule has 3 saturated carbocycles. The summed E-state index contributed by atoms with van der Waals surface area (Å²) in [6.45, 7) is 8.20. The molecule has 0 aromatic carbocycles. The molecule has 2 bridgehead atoms. The number of hydrogen-bond acceptors (Lipinski definition) is 2.